The first kappa shape index (κ1) is 32.0. The molecule has 0 spiro atoms. The molecule has 0 saturated heterocycles. The Hall–Kier alpha value is -1.98. The van der Waals surface area contributed by atoms with Crippen molar-refractivity contribution in [2.75, 3.05) is 19.8 Å². The van der Waals surface area contributed by atoms with E-state index in [1.807, 2.05) is 0 Å². The Morgan fingerprint density at radius 1 is 0.556 bits per heavy atom. The lowest BCUT2D eigenvalue weighted by Gasteiger charge is -2.17. The SMILES string of the molecule is CCCCCCCCOc1cc([N+](=O)[O-])cc(OCCCCCCCC)c1OCCCCCCCC. The van der Waals surface area contributed by atoms with Crippen molar-refractivity contribution < 1.29 is 19.1 Å². The minimum atomic E-state index is -0.382. The molecular weight excluding hydrogens is 454 g/mol. The monoisotopic (exact) mass is 507 g/mol. The molecule has 0 N–H and O–H groups in total. The molecule has 0 radical (unpaired) electrons. The summed E-state index contributed by atoms with van der Waals surface area (Å²) in [7, 11) is 0. The first-order valence-corrected chi connectivity index (χ1v) is 14.8. The van der Waals surface area contributed by atoms with Gasteiger partial charge in [-0.1, -0.05) is 117 Å². The first-order valence-electron chi connectivity index (χ1n) is 14.8. The summed E-state index contributed by atoms with van der Waals surface area (Å²) in [5.74, 6) is 1.38. The van der Waals surface area contributed by atoms with Crippen LogP contribution < -0.4 is 14.2 Å². The summed E-state index contributed by atoms with van der Waals surface area (Å²) >= 11 is 0. The topological polar surface area (TPSA) is 70.8 Å². The molecule has 0 amide bonds. The summed E-state index contributed by atoms with van der Waals surface area (Å²) in [5.41, 5.74) is -0.0159. The van der Waals surface area contributed by atoms with E-state index >= 15 is 0 Å². The van der Waals surface area contributed by atoms with Gasteiger partial charge in [-0.15, -0.1) is 0 Å². The van der Waals surface area contributed by atoms with Gasteiger partial charge >= 0.3 is 0 Å². The van der Waals surface area contributed by atoms with E-state index in [1.165, 1.54) is 89.2 Å². The van der Waals surface area contributed by atoms with E-state index < -0.39 is 0 Å². The standard InChI is InChI=1S/C30H53NO5/c1-4-7-10-13-16-19-22-34-28-25-27(31(32)33)26-29(35-23-20-17-14-11-8-5-2)30(28)36-24-21-18-15-12-9-6-3/h25-26H,4-24H2,1-3H3. The van der Waals surface area contributed by atoms with E-state index in [0.29, 0.717) is 37.1 Å². The number of nitrogens with zero attached hydrogens (tertiary/aromatic N) is 1. The van der Waals surface area contributed by atoms with Crippen molar-refractivity contribution in [2.24, 2.45) is 0 Å². The molecule has 208 valence electrons. The van der Waals surface area contributed by atoms with Crippen LogP contribution in [0.4, 0.5) is 5.69 Å². The van der Waals surface area contributed by atoms with Crippen LogP contribution in [0.3, 0.4) is 0 Å². The maximum absolute atomic E-state index is 11.6. The van der Waals surface area contributed by atoms with E-state index in [4.69, 9.17) is 14.2 Å². The maximum Gasteiger partial charge on any atom is 0.277 e. The van der Waals surface area contributed by atoms with E-state index in [-0.39, 0.29) is 10.6 Å². The van der Waals surface area contributed by atoms with Crippen molar-refractivity contribution in [2.45, 2.75) is 136 Å². The van der Waals surface area contributed by atoms with Crippen LogP contribution in [0.1, 0.15) is 136 Å². The molecule has 0 unspecified atom stereocenters. The van der Waals surface area contributed by atoms with Crippen molar-refractivity contribution in [3.63, 3.8) is 0 Å². The minimum Gasteiger partial charge on any atom is -0.489 e. The highest BCUT2D eigenvalue weighted by Gasteiger charge is 2.21. The Morgan fingerprint density at radius 3 is 1.25 bits per heavy atom. The number of unbranched alkanes of at least 4 members (excludes halogenated alkanes) is 15. The van der Waals surface area contributed by atoms with Gasteiger partial charge in [0.25, 0.3) is 5.69 Å². The molecule has 6 heteroatoms. The molecule has 1 rings (SSSR count). The van der Waals surface area contributed by atoms with Gasteiger partial charge in [-0.2, -0.15) is 0 Å². The summed E-state index contributed by atoms with van der Waals surface area (Å²) in [6.07, 6.45) is 21.0. The second kappa shape index (κ2) is 22.2. The third kappa shape index (κ3) is 15.2. The predicted octanol–water partition coefficient (Wildman–Crippen LogP) is 9.81. The van der Waals surface area contributed by atoms with Gasteiger partial charge in [-0.3, -0.25) is 10.1 Å². The molecule has 0 aliphatic heterocycles. The van der Waals surface area contributed by atoms with E-state index in [2.05, 4.69) is 20.8 Å². The van der Waals surface area contributed by atoms with Crippen molar-refractivity contribution in [3.05, 3.63) is 22.2 Å². The highest BCUT2D eigenvalue weighted by molar-refractivity contribution is 5.58. The van der Waals surface area contributed by atoms with Gasteiger partial charge < -0.3 is 14.2 Å². The number of hydrogen-bond donors (Lipinski definition) is 0. The van der Waals surface area contributed by atoms with Crippen LogP contribution in [0.5, 0.6) is 17.2 Å². The van der Waals surface area contributed by atoms with Crippen LogP contribution in [0, 0.1) is 10.1 Å². The summed E-state index contributed by atoms with van der Waals surface area (Å²) in [4.78, 5) is 11.2. The molecule has 0 aliphatic carbocycles. The van der Waals surface area contributed by atoms with Crippen LogP contribution in [-0.2, 0) is 0 Å². The number of benzene rings is 1. The molecule has 0 aromatic heterocycles. The molecule has 6 nitrogen and oxygen atoms in total. The van der Waals surface area contributed by atoms with Gasteiger partial charge in [0.1, 0.15) is 0 Å². The number of non-ortho nitro benzene ring substituents is 1. The Kier molecular flexibility index (Phi) is 19.8. The summed E-state index contributed by atoms with van der Waals surface area (Å²) in [5, 5.41) is 11.6. The van der Waals surface area contributed by atoms with Crippen LogP contribution in [0.15, 0.2) is 12.1 Å². The Bertz CT molecular complexity index is 640. The van der Waals surface area contributed by atoms with Gasteiger partial charge in [0.05, 0.1) is 36.9 Å². The zero-order valence-electron chi connectivity index (χ0n) is 23.5. The van der Waals surface area contributed by atoms with Gasteiger partial charge in [-0.25, -0.2) is 0 Å². The normalized spacial score (nSPS) is 11.0. The number of rotatable bonds is 25. The van der Waals surface area contributed by atoms with Crippen molar-refractivity contribution >= 4 is 5.69 Å². The van der Waals surface area contributed by atoms with Crippen molar-refractivity contribution in [1.29, 1.82) is 0 Å². The highest BCUT2D eigenvalue weighted by atomic mass is 16.6. The maximum atomic E-state index is 11.6. The molecule has 0 heterocycles. The number of nitro benzene ring substituents is 1. The summed E-state index contributed by atoms with van der Waals surface area (Å²) < 4.78 is 18.3. The van der Waals surface area contributed by atoms with Crippen LogP contribution in [0.2, 0.25) is 0 Å². The second-order valence-corrected chi connectivity index (χ2v) is 9.88. The fourth-order valence-electron chi connectivity index (χ4n) is 4.21. The van der Waals surface area contributed by atoms with Crippen molar-refractivity contribution in [1.82, 2.24) is 0 Å². The smallest absolute Gasteiger partial charge is 0.277 e. The van der Waals surface area contributed by atoms with E-state index in [0.717, 1.165) is 38.5 Å². The highest BCUT2D eigenvalue weighted by Crippen LogP contribution is 2.41. The molecule has 0 aliphatic rings. The Balaban J connectivity index is 2.78. The average Bonchev–Trinajstić information content (AvgIpc) is 2.87. The van der Waals surface area contributed by atoms with Crippen LogP contribution >= 0.6 is 0 Å². The summed E-state index contributed by atoms with van der Waals surface area (Å²) in [6, 6.07) is 2.98. The molecule has 1 aromatic rings. The average molecular weight is 508 g/mol. The third-order valence-electron chi connectivity index (χ3n) is 6.47. The quantitative estimate of drug-likeness (QED) is 0.0748. The largest absolute Gasteiger partial charge is 0.489 e. The fourth-order valence-corrected chi connectivity index (χ4v) is 4.21. The lowest BCUT2D eigenvalue weighted by atomic mass is 10.1. The van der Waals surface area contributed by atoms with Crippen LogP contribution in [-0.4, -0.2) is 24.7 Å². The van der Waals surface area contributed by atoms with Gasteiger partial charge in [-0.05, 0) is 19.3 Å². The molecule has 1 aromatic carbocycles. The Labute approximate surface area is 220 Å². The van der Waals surface area contributed by atoms with Crippen molar-refractivity contribution in [3.8, 4) is 17.2 Å². The molecular formula is C30H53NO5. The van der Waals surface area contributed by atoms with E-state index in [9.17, 15) is 10.1 Å². The first-order chi connectivity index (χ1) is 17.6. The summed E-state index contributed by atoms with van der Waals surface area (Å²) in [6.45, 7) is 8.26. The number of nitro groups is 1. The lowest BCUT2D eigenvalue weighted by Crippen LogP contribution is -2.07. The molecule has 0 atom stereocenters. The fraction of sp³-hybridized carbons (Fsp3) is 0.800. The molecule has 0 fully saturated rings. The third-order valence-corrected chi connectivity index (χ3v) is 6.47. The molecule has 36 heavy (non-hydrogen) atoms. The van der Waals surface area contributed by atoms with Crippen LogP contribution in [0.25, 0.3) is 0 Å². The number of ether oxygens (including phenoxy) is 3. The van der Waals surface area contributed by atoms with Gasteiger partial charge in [0.2, 0.25) is 5.75 Å². The van der Waals surface area contributed by atoms with E-state index in [1.54, 1.807) is 0 Å². The molecule has 0 bridgehead atoms. The predicted molar refractivity (Wildman–Crippen MR) is 150 cm³/mol. The Morgan fingerprint density at radius 2 is 0.889 bits per heavy atom. The number of hydrogen-bond acceptors (Lipinski definition) is 5. The second-order valence-electron chi connectivity index (χ2n) is 9.88. The van der Waals surface area contributed by atoms with Gasteiger partial charge in [0.15, 0.2) is 11.5 Å². The minimum absolute atomic E-state index is 0.0159. The zero-order chi connectivity index (χ0) is 26.3. The lowest BCUT2D eigenvalue weighted by molar-refractivity contribution is -0.385. The zero-order valence-corrected chi connectivity index (χ0v) is 23.5. The molecule has 0 saturated carbocycles. The van der Waals surface area contributed by atoms with Gasteiger partial charge in [0, 0.05) is 0 Å².